The number of carboxylic acid groups (broad SMARTS) is 1. The van der Waals surface area contributed by atoms with E-state index in [-0.39, 0.29) is 17.5 Å². The lowest BCUT2D eigenvalue weighted by atomic mass is 10.1. The van der Waals surface area contributed by atoms with E-state index in [0.717, 1.165) is 31.4 Å². The normalized spacial score (nSPS) is 16.7. The molecule has 0 saturated heterocycles. The van der Waals surface area contributed by atoms with Gasteiger partial charge in [0.2, 0.25) is 0 Å². The number of rotatable bonds is 2. The monoisotopic (exact) mass is 307 g/mol. The van der Waals surface area contributed by atoms with Crippen molar-refractivity contribution in [2.24, 2.45) is 0 Å². The van der Waals surface area contributed by atoms with E-state index in [1.807, 2.05) is 0 Å². The van der Waals surface area contributed by atoms with Crippen LogP contribution < -0.4 is 4.74 Å². The third-order valence-corrected chi connectivity index (χ3v) is 2.80. The van der Waals surface area contributed by atoms with Crippen LogP contribution in [0.25, 0.3) is 0 Å². The Balaban J connectivity index is 0.000000235. The van der Waals surface area contributed by atoms with Gasteiger partial charge in [0.05, 0.1) is 4.92 Å². The van der Waals surface area contributed by atoms with Gasteiger partial charge in [-0.15, -0.1) is 5.92 Å². The number of nitro benzene ring substituents is 1. The van der Waals surface area contributed by atoms with Crippen molar-refractivity contribution >= 4 is 11.8 Å². The highest BCUT2D eigenvalue weighted by Crippen LogP contribution is 2.17. The van der Waals surface area contributed by atoms with Crippen LogP contribution in [0.15, 0.2) is 24.3 Å². The molecular weight excluding hydrogens is 290 g/mol. The summed E-state index contributed by atoms with van der Waals surface area (Å²) >= 11 is 0. The van der Waals surface area contributed by atoms with Crippen LogP contribution in [0.4, 0.5) is 10.5 Å². The largest absolute Gasteiger partial charge is 0.511 e. The number of benzene rings is 1. The maximum atomic E-state index is 10.2. The first kappa shape index (κ1) is 17.5. The van der Waals surface area contributed by atoms with Gasteiger partial charge >= 0.3 is 6.16 Å². The van der Waals surface area contributed by atoms with Gasteiger partial charge < -0.3 is 14.9 Å². The van der Waals surface area contributed by atoms with Gasteiger partial charge in [0.25, 0.3) is 5.69 Å². The van der Waals surface area contributed by atoms with Crippen LogP contribution in [-0.2, 0) is 0 Å². The van der Waals surface area contributed by atoms with Crippen molar-refractivity contribution in [3.63, 3.8) is 0 Å². The van der Waals surface area contributed by atoms with E-state index in [4.69, 9.17) is 10.2 Å². The molecule has 1 atom stereocenters. The Bertz CT molecular complexity index is 558. The van der Waals surface area contributed by atoms with Crippen LogP contribution in [0, 0.1) is 22.0 Å². The Morgan fingerprint density at radius 3 is 2.55 bits per heavy atom. The lowest BCUT2D eigenvalue weighted by Crippen LogP contribution is -2.03. The van der Waals surface area contributed by atoms with E-state index in [9.17, 15) is 14.9 Å². The minimum atomic E-state index is -1.45. The topological polar surface area (TPSA) is 110 Å². The fraction of sp³-hybridized carbons (Fsp3) is 0.400. The molecule has 0 fully saturated rings. The van der Waals surface area contributed by atoms with Gasteiger partial charge in [0.15, 0.2) is 0 Å². The maximum Gasteiger partial charge on any atom is 0.511 e. The first-order valence-electron chi connectivity index (χ1n) is 6.80. The van der Waals surface area contributed by atoms with E-state index < -0.39 is 11.1 Å². The van der Waals surface area contributed by atoms with Crippen LogP contribution in [-0.4, -0.2) is 27.4 Å². The molecule has 2 rings (SSSR count). The van der Waals surface area contributed by atoms with Crippen molar-refractivity contribution in [1.29, 1.82) is 0 Å². The van der Waals surface area contributed by atoms with Gasteiger partial charge in [-0.1, -0.05) is 12.3 Å². The highest BCUT2D eigenvalue weighted by atomic mass is 16.7. The minimum absolute atomic E-state index is 0.0538. The average molecular weight is 307 g/mol. The molecule has 0 saturated carbocycles. The van der Waals surface area contributed by atoms with Gasteiger partial charge in [0.1, 0.15) is 11.9 Å². The first-order valence-corrected chi connectivity index (χ1v) is 6.80. The number of nitrogens with zero attached hydrogens (tertiary/aromatic N) is 1. The zero-order valence-corrected chi connectivity index (χ0v) is 11.9. The summed E-state index contributed by atoms with van der Waals surface area (Å²) in [4.78, 5) is 19.6. The van der Waals surface area contributed by atoms with Crippen LogP contribution in [0.3, 0.4) is 0 Å². The minimum Gasteiger partial charge on any atom is -0.449 e. The summed E-state index contributed by atoms with van der Waals surface area (Å²) < 4.78 is 4.24. The molecule has 0 aliphatic heterocycles. The Morgan fingerprint density at radius 1 is 1.27 bits per heavy atom. The lowest BCUT2D eigenvalue weighted by molar-refractivity contribution is -0.384. The zero-order valence-electron chi connectivity index (χ0n) is 11.9. The lowest BCUT2D eigenvalue weighted by Gasteiger charge is -2.04. The van der Waals surface area contributed by atoms with E-state index in [2.05, 4.69) is 16.6 Å². The molecule has 0 bridgehead atoms. The molecule has 1 unspecified atom stereocenters. The number of ether oxygens (including phenoxy) is 1. The molecule has 0 radical (unpaired) electrons. The van der Waals surface area contributed by atoms with Crippen molar-refractivity contribution in [2.75, 3.05) is 0 Å². The summed E-state index contributed by atoms with van der Waals surface area (Å²) in [6.45, 7) is 0. The van der Waals surface area contributed by atoms with Crippen LogP contribution in [0.1, 0.15) is 32.1 Å². The molecule has 22 heavy (non-hydrogen) atoms. The Hall–Kier alpha value is -2.59. The summed E-state index contributed by atoms with van der Waals surface area (Å²) in [5.41, 5.74) is -0.113. The Kier molecular flexibility index (Phi) is 7.43. The molecule has 7 heteroatoms. The predicted molar refractivity (Wildman–Crippen MR) is 78.6 cm³/mol. The standard InChI is InChI=1S/C8H12O.C7H5NO5/c9-8-6-4-2-1-3-5-7-8;9-7(10)13-6-3-1-5(2-4-6)8(11)12/h8-9H,1-4,6H2;1-4H,(H,9,10). The van der Waals surface area contributed by atoms with Crippen LogP contribution in [0.5, 0.6) is 5.75 Å². The molecule has 118 valence electrons. The number of aliphatic hydroxyl groups excluding tert-OH is 1. The quantitative estimate of drug-likeness (QED) is 0.286. The van der Waals surface area contributed by atoms with Gasteiger partial charge in [-0.25, -0.2) is 4.79 Å². The van der Waals surface area contributed by atoms with Crippen molar-refractivity contribution in [1.82, 2.24) is 0 Å². The second-order valence-electron chi connectivity index (χ2n) is 4.56. The highest BCUT2D eigenvalue weighted by Gasteiger charge is 2.06. The molecule has 0 amide bonds. The van der Waals surface area contributed by atoms with Gasteiger partial charge in [-0.05, 0) is 31.4 Å². The SMILES string of the molecule is O=C(O)Oc1ccc([N+](=O)[O-])cc1.OC1C#CCCCCC1. The second kappa shape index (κ2) is 9.37. The highest BCUT2D eigenvalue weighted by molar-refractivity contribution is 5.61. The molecule has 1 aliphatic carbocycles. The Labute approximate surface area is 127 Å². The van der Waals surface area contributed by atoms with E-state index >= 15 is 0 Å². The van der Waals surface area contributed by atoms with Gasteiger partial charge in [-0.2, -0.15) is 0 Å². The van der Waals surface area contributed by atoms with E-state index in [1.54, 1.807) is 0 Å². The first-order chi connectivity index (χ1) is 10.5. The molecular formula is C15H17NO6. The molecule has 7 nitrogen and oxygen atoms in total. The molecule has 2 N–H and O–H groups in total. The average Bonchev–Trinajstić information content (AvgIpc) is 2.43. The maximum absolute atomic E-state index is 10.2. The molecule has 1 aliphatic rings. The molecule has 1 aromatic rings. The number of carbonyl (C=O) groups is 1. The van der Waals surface area contributed by atoms with Crippen molar-refractivity contribution in [3.05, 3.63) is 34.4 Å². The van der Waals surface area contributed by atoms with Crippen LogP contribution in [0.2, 0.25) is 0 Å². The second-order valence-corrected chi connectivity index (χ2v) is 4.56. The van der Waals surface area contributed by atoms with Gasteiger partial charge in [0, 0.05) is 18.6 Å². The fourth-order valence-corrected chi connectivity index (χ4v) is 1.73. The number of nitro groups is 1. The van der Waals surface area contributed by atoms with Crippen molar-refractivity contribution in [2.45, 2.75) is 38.2 Å². The Morgan fingerprint density at radius 2 is 1.95 bits per heavy atom. The van der Waals surface area contributed by atoms with Crippen LogP contribution >= 0.6 is 0 Å². The fourth-order valence-electron chi connectivity index (χ4n) is 1.73. The summed E-state index contributed by atoms with van der Waals surface area (Å²) in [5.74, 6) is 5.78. The number of hydrogen-bond acceptors (Lipinski definition) is 5. The summed E-state index contributed by atoms with van der Waals surface area (Å²) in [6, 6.07) is 4.76. The molecule has 0 heterocycles. The zero-order chi connectivity index (χ0) is 16.4. The van der Waals surface area contributed by atoms with Crippen molar-refractivity contribution < 1.29 is 24.7 Å². The predicted octanol–water partition coefficient (Wildman–Crippen LogP) is 2.97. The van der Waals surface area contributed by atoms with E-state index in [0.29, 0.717) is 0 Å². The molecule has 0 aromatic heterocycles. The molecule has 0 spiro atoms. The third kappa shape index (κ3) is 7.26. The summed E-state index contributed by atoms with van der Waals surface area (Å²) in [6.07, 6.45) is 3.62. The smallest absolute Gasteiger partial charge is 0.449 e. The summed E-state index contributed by atoms with van der Waals surface area (Å²) in [5, 5.41) is 27.4. The number of non-ortho nitro benzene ring substituents is 1. The van der Waals surface area contributed by atoms with Crippen molar-refractivity contribution in [3.8, 4) is 17.6 Å². The third-order valence-electron chi connectivity index (χ3n) is 2.80. The molecule has 1 aromatic carbocycles. The van der Waals surface area contributed by atoms with Gasteiger partial charge in [-0.3, -0.25) is 10.1 Å². The van der Waals surface area contributed by atoms with E-state index in [1.165, 1.54) is 25.0 Å². The summed E-state index contributed by atoms with van der Waals surface area (Å²) in [7, 11) is 0. The number of aliphatic hydroxyl groups is 1. The number of hydrogen-bond donors (Lipinski definition) is 2.